The monoisotopic (exact) mass is 320 g/mol. The molecule has 1 atom stereocenters. The van der Waals surface area contributed by atoms with Crippen molar-refractivity contribution in [2.24, 2.45) is 0 Å². The highest BCUT2D eigenvalue weighted by Gasteiger charge is 2.20. The Morgan fingerprint density at radius 1 is 1.24 bits per heavy atom. The van der Waals surface area contributed by atoms with Gasteiger partial charge in [-0.3, -0.25) is 4.79 Å². The minimum absolute atomic E-state index is 0.141. The van der Waals surface area contributed by atoms with Crippen molar-refractivity contribution in [3.8, 4) is 0 Å². The van der Waals surface area contributed by atoms with Crippen molar-refractivity contribution in [3.63, 3.8) is 0 Å². The van der Waals surface area contributed by atoms with Crippen LogP contribution in [0.2, 0.25) is 10.2 Å². The van der Waals surface area contributed by atoms with Crippen LogP contribution >= 0.6 is 23.2 Å². The van der Waals surface area contributed by atoms with Crippen molar-refractivity contribution < 1.29 is 4.79 Å². The van der Waals surface area contributed by atoms with Gasteiger partial charge in [0.15, 0.2) is 0 Å². The number of carbonyl (C=O) groups is 1. The molecule has 0 saturated carbocycles. The van der Waals surface area contributed by atoms with E-state index in [2.05, 4.69) is 28.5 Å². The number of pyridine rings is 1. The highest BCUT2D eigenvalue weighted by molar-refractivity contribution is 6.41. The van der Waals surface area contributed by atoms with Gasteiger partial charge in [0.2, 0.25) is 0 Å². The van der Waals surface area contributed by atoms with E-state index in [1.54, 1.807) is 6.07 Å². The average Bonchev–Trinajstić information content (AvgIpc) is 2.50. The third-order valence-electron chi connectivity index (χ3n) is 3.74. The Morgan fingerprint density at radius 2 is 2.00 bits per heavy atom. The van der Waals surface area contributed by atoms with Crippen LogP contribution in [0.5, 0.6) is 0 Å². The molecular formula is C16H14Cl2N2O. The Morgan fingerprint density at radius 3 is 2.76 bits per heavy atom. The maximum absolute atomic E-state index is 12.2. The van der Waals surface area contributed by atoms with Crippen molar-refractivity contribution in [3.05, 3.63) is 63.4 Å². The summed E-state index contributed by atoms with van der Waals surface area (Å²) in [4.78, 5) is 16.1. The Balaban J connectivity index is 1.70. The zero-order valence-corrected chi connectivity index (χ0v) is 12.8. The zero-order valence-electron chi connectivity index (χ0n) is 11.3. The summed E-state index contributed by atoms with van der Waals surface area (Å²) in [7, 11) is 0. The van der Waals surface area contributed by atoms with Gasteiger partial charge in [-0.25, -0.2) is 4.98 Å². The number of halogens is 2. The van der Waals surface area contributed by atoms with E-state index < -0.39 is 0 Å². The van der Waals surface area contributed by atoms with Gasteiger partial charge in [0.05, 0.1) is 10.6 Å². The summed E-state index contributed by atoms with van der Waals surface area (Å²) in [6.07, 6.45) is 4.23. The van der Waals surface area contributed by atoms with Gasteiger partial charge in [-0.1, -0.05) is 47.5 Å². The van der Waals surface area contributed by atoms with Crippen LogP contribution in [0.3, 0.4) is 0 Å². The fourth-order valence-electron chi connectivity index (χ4n) is 2.64. The highest BCUT2D eigenvalue weighted by atomic mass is 35.5. The van der Waals surface area contributed by atoms with Gasteiger partial charge in [-0.2, -0.15) is 0 Å². The number of hydrogen-bond acceptors (Lipinski definition) is 2. The smallest absolute Gasteiger partial charge is 0.253 e. The molecule has 0 saturated heterocycles. The number of nitrogens with one attached hydrogen (secondary N) is 1. The lowest BCUT2D eigenvalue weighted by molar-refractivity contribution is 0.0933. The van der Waals surface area contributed by atoms with Gasteiger partial charge in [-0.15, -0.1) is 0 Å². The summed E-state index contributed by atoms with van der Waals surface area (Å²) in [6, 6.07) is 10.0. The van der Waals surface area contributed by atoms with Crippen molar-refractivity contribution >= 4 is 29.1 Å². The summed E-state index contributed by atoms with van der Waals surface area (Å²) >= 11 is 11.7. The maximum atomic E-state index is 12.2. The molecule has 1 aliphatic rings. The summed E-state index contributed by atoms with van der Waals surface area (Å²) in [5.41, 5.74) is 3.11. The molecule has 1 N–H and O–H groups in total. The molecule has 0 aliphatic heterocycles. The van der Waals surface area contributed by atoms with Gasteiger partial charge >= 0.3 is 0 Å². The number of aromatic nitrogens is 1. The molecule has 0 bridgehead atoms. The van der Waals surface area contributed by atoms with E-state index in [0.717, 1.165) is 19.3 Å². The van der Waals surface area contributed by atoms with Crippen molar-refractivity contribution in [1.82, 2.24) is 10.3 Å². The minimum Gasteiger partial charge on any atom is -0.349 e. The third kappa shape index (κ3) is 3.20. The van der Waals surface area contributed by atoms with Crippen LogP contribution in [0.1, 0.15) is 27.9 Å². The number of benzene rings is 1. The maximum Gasteiger partial charge on any atom is 0.253 e. The van der Waals surface area contributed by atoms with Crippen LogP contribution in [-0.2, 0) is 12.8 Å². The van der Waals surface area contributed by atoms with Gasteiger partial charge in [0.1, 0.15) is 5.15 Å². The lowest BCUT2D eigenvalue weighted by atomic mass is 9.88. The van der Waals surface area contributed by atoms with E-state index >= 15 is 0 Å². The van der Waals surface area contributed by atoms with Crippen LogP contribution < -0.4 is 5.32 Å². The number of aryl methyl sites for hydroxylation is 1. The third-order valence-corrected chi connectivity index (χ3v) is 4.43. The normalized spacial score (nSPS) is 17.1. The van der Waals surface area contributed by atoms with Crippen LogP contribution in [0.25, 0.3) is 0 Å². The molecule has 1 amide bonds. The number of nitrogens with zero attached hydrogens (tertiary/aromatic N) is 1. The molecule has 0 fully saturated rings. The van der Waals surface area contributed by atoms with E-state index in [4.69, 9.17) is 23.2 Å². The van der Waals surface area contributed by atoms with Gasteiger partial charge in [0.25, 0.3) is 5.91 Å². The van der Waals surface area contributed by atoms with E-state index in [1.807, 2.05) is 6.07 Å². The second-order valence-corrected chi connectivity index (χ2v) is 5.94. The topological polar surface area (TPSA) is 42.0 Å². The van der Waals surface area contributed by atoms with E-state index in [1.165, 1.54) is 17.3 Å². The molecule has 21 heavy (non-hydrogen) atoms. The first-order valence-electron chi connectivity index (χ1n) is 6.82. The first kappa shape index (κ1) is 14.4. The summed E-state index contributed by atoms with van der Waals surface area (Å²) < 4.78 is 0. The number of carbonyl (C=O) groups excluding carboxylic acids is 1. The summed E-state index contributed by atoms with van der Waals surface area (Å²) in [6.45, 7) is 0. The molecule has 0 spiro atoms. The molecule has 1 aromatic heterocycles. The standard InChI is InChI=1S/C16H14Cl2N2O/c17-14-8-12(9-19-15(14)18)16(21)20-13-6-5-10-3-1-2-4-11(10)7-13/h1-4,8-9,13H,5-7H2,(H,20,21). The fourth-order valence-corrected chi connectivity index (χ4v) is 2.90. The average molecular weight is 321 g/mol. The lowest BCUT2D eigenvalue weighted by Gasteiger charge is -2.25. The number of hydrogen-bond donors (Lipinski definition) is 1. The van der Waals surface area contributed by atoms with E-state index in [9.17, 15) is 4.79 Å². The first-order chi connectivity index (χ1) is 10.1. The van der Waals surface area contributed by atoms with Crippen molar-refractivity contribution in [2.75, 3.05) is 0 Å². The first-order valence-corrected chi connectivity index (χ1v) is 7.58. The molecule has 1 aromatic carbocycles. The molecule has 1 aliphatic carbocycles. The van der Waals surface area contributed by atoms with E-state index in [-0.39, 0.29) is 17.1 Å². The molecule has 1 unspecified atom stereocenters. The van der Waals surface area contributed by atoms with Crippen molar-refractivity contribution in [2.45, 2.75) is 25.3 Å². The molecule has 108 valence electrons. The second-order valence-electron chi connectivity index (χ2n) is 5.18. The number of rotatable bonds is 2. The minimum atomic E-state index is -0.162. The molecule has 1 heterocycles. The Labute approximate surface area is 133 Å². The Kier molecular flexibility index (Phi) is 4.13. The Bertz CT molecular complexity index is 688. The summed E-state index contributed by atoms with van der Waals surface area (Å²) in [5, 5.41) is 3.54. The summed E-state index contributed by atoms with van der Waals surface area (Å²) in [5.74, 6) is -0.162. The largest absolute Gasteiger partial charge is 0.349 e. The number of fused-ring (bicyclic) bond motifs is 1. The second kappa shape index (κ2) is 6.04. The molecule has 2 aromatic rings. The molecule has 3 rings (SSSR count). The number of amides is 1. The quantitative estimate of drug-likeness (QED) is 0.858. The van der Waals surface area contributed by atoms with Crippen LogP contribution in [-0.4, -0.2) is 16.9 Å². The SMILES string of the molecule is O=C(NC1CCc2ccccc2C1)c1cnc(Cl)c(Cl)c1. The lowest BCUT2D eigenvalue weighted by Crippen LogP contribution is -2.38. The molecule has 5 heteroatoms. The van der Waals surface area contributed by atoms with Crippen LogP contribution in [0, 0.1) is 0 Å². The van der Waals surface area contributed by atoms with Crippen LogP contribution in [0.15, 0.2) is 36.5 Å². The molecule has 3 nitrogen and oxygen atoms in total. The van der Waals surface area contributed by atoms with Gasteiger partial charge in [-0.05, 0) is 36.5 Å². The van der Waals surface area contributed by atoms with Gasteiger partial charge < -0.3 is 5.32 Å². The predicted molar refractivity (Wildman–Crippen MR) is 84.0 cm³/mol. The zero-order chi connectivity index (χ0) is 14.8. The predicted octanol–water partition coefficient (Wildman–Crippen LogP) is 3.68. The van der Waals surface area contributed by atoms with Crippen LogP contribution in [0.4, 0.5) is 0 Å². The Hall–Kier alpha value is -1.58. The van der Waals surface area contributed by atoms with Crippen molar-refractivity contribution in [1.29, 1.82) is 0 Å². The highest BCUT2D eigenvalue weighted by Crippen LogP contribution is 2.22. The molecular weight excluding hydrogens is 307 g/mol. The molecule has 0 radical (unpaired) electrons. The fraction of sp³-hybridized carbons (Fsp3) is 0.250. The van der Waals surface area contributed by atoms with Gasteiger partial charge in [0, 0.05) is 12.2 Å². The van der Waals surface area contributed by atoms with E-state index in [0.29, 0.717) is 10.6 Å².